The molecule has 1 rings (SSSR count). The maximum absolute atomic E-state index is 10.4. The molecule has 0 spiro atoms. The van der Waals surface area contributed by atoms with Crippen LogP contribution in [0, 0.1) is 5.41 Å². The Morgan fingerprint density at radius 1 is 1.67 bits per heavy atom. The Hall–Kier alpha value is -0.610. The fourth-order valence-electron chi connectivity index (χ4n) is 1.65. The topological polar surface area (TPSA) is 66.6 Å². The van der Waals surface area contributed by atoms with Gasteiger partial charge < -0.3 is 15.7 Å². The Morgan fingerprint density at radius 2 is 2.17 bits per heavy atom. The van der Waals surface area contributed by atoms with Crippen molar-refractivity contribution in [3.05, 3.63) is 0 Å². The van der Waals surface area contributed by atoms with E-state index in [4.69, 9.17) is 10.8 Å². The molecule has 1 saturated heterocycles. The van der Waals surface area contributed by atoms with E-state index >= 15 is 0 Å². The standard InChI is InChI=1S/C8H16N2O2/c1-8(2)4-10(5-8)3-6(9)7(11)12/h6H,3-5,9H2,1-2H3,(H,11,12). The summed E-state index contributed by atoms with van der Waals surface area (Å²) in [7, 11) is 0. The van der Waals surface area contributed by atoms with Crippen molar-refractivity contribution < 1.29 is 9.90 Å². The summed E-state index contributed by atoms with van der Waals surface area (Å²) in [6, 6.07) is -0.735. The highest BCUT2D eigenvalue weighted by Crippen LogP contribution is 2.28. The van der Waals surface area contributed by atoms with Gasteiger partial charge in [0.1, 0.15) is 6.04 Å². The van der Waals surface area contributed by atoms with Crippen molar-refractivity contribution in [1.82, 2.24) is 4.90 Å². The van der Waals surface area contributed by atoms with Crippen LogP contribution in [0.15, 0.2) is 0 Å². The quantitative estimate of drug-likeness (QED) is 0.615. The molecule has 0 aliphatic carbocycles. The Morgan fingerprint density at radius 3 is 2.50 bits per heavy atom. The second-order valence-corrected chi connectivity index (χ2v) is 4.28. The third-order valence-electron chi connectivity index (χ3n) is 2.08. The zero-order valence-corrected chi connectivity index (χ0v) is 7.58. The van der Waals surface area contributed by atoms with Crippen LogP contribution in [0.25, 0.3) is 0 Å². The second kappa shape index (κ2) is 3.03. The number of carboxylic acids is 1. The van der Waals surface area contributed by atoms with E-state index in [1.54, 1.807) is 0 Å². The highest BCUT2D eigenvalue weighted by Gasteiger charge is 2.35. The van der Waals surface area contributed by atoms with Crippen molar-refractivity contribution in [1.29, 1.82) is 0 Å². The molecule has 1 unspecified atom stereocenters. The van der Waals surface area contributed by atoms with Gasteiger partial charge in [0.15, 0.2) is 0 Å². The number of nitrogens with two attached hydrogens (primary N) is 1. The molecule has 1 aliphatic rings. The highest BCUT2D eigenvalue weighted by molar-refractivity contribution is 5.73. The normalized spacial score (nSPS) is 24.6. The average molecular weight is 172 g/mol. The first-order valence-electron chi connectivity index (χ1n) is 4.11. The molecule has 0 aromatic carbocycles. The molecule has 1 heterocycles. The third-order valence-corrected chi connectivity index (χ3v) is 2.08. The summed E-state index contributed by atoms with van der Waals surface area (Å²) in [5.41, 5.74) is 5.72. The van der Waals surface area contributed by atoms with Gasteiger partial charge in [-0.05, 0) is 5.41 Å². The number of hydrogen-bond donors (Lipinski definition) is 2. The molecule has 4 nitrogen and oxygen atoms in total. The van der Waals surface area contributed by atoms with E-state index in [1.165, 1.54) is 0 Å². The smallest absolute Gasteiger partial charge is 0.321 e. The number of hydrogen-bond acceptors (Lipinski definition) is 3. The minimum atomic E-state index is -0.917. The Labute approximate surface area is 72.3 Å². The molecule has 1 atom stereocenters. The largest absolute Gasteiger partial charge is 0.480 e. The Bertz CT molecular complexity index is 183. The fraction of sp³-hybridized carbons (Fsp3) is 0.875. The summed E-state index contributed by atoms with van der Waals surface area (Å²) in [4.78, 5) is 12.5. The lowest BCUT2D eigenvalue weighted by Gasteiger charge is -2.46. The zero-order chi connectivity index (χ0) is 9.35. The summed E-state index contributed by atoms with van der Waals surface area (Å²) in [6.07, 6.45) is 0. The lowest BCUT2D eigenvalue weighted by Crippen LogP contribution is -2.57. The molecule has 1 fully saturated rings. The van der Waals surface area contributed by atoms with E-state index in [9.17, 15) is 4.79 Å². The minimum Gasteiger partial charge on any atom is -0.480 e. The van der Waals surface area contributed by atoms with Crippen LogP contribution in [0.2, 0.25) is 0 Å². The van der Waals surface area contributed by atoms with Gasteiger partial charge in [0.2, 0.25) is 0 Å². The van der Waals surface area contributed by atoms with Crippen LogP contribution in [-0.2, 0) is 4.79 Å². The molecule has 1 aliphatic heterocycles. The molecule has 0 aromatic heterocycles. The molecule has 12 heavy (non-hydrogen) atoms. The lowest BCUT2D eigenvalue weighted by molar-refractivity contribution is -0.139. The monoisotopic (exact) mass is 172 g/mol. The first kappa shape index (κ1) is 9.48. The average Bonchev–Trinajstić information content (AvgIpc) is 1.83. The van der Waals surface area contributed by atoms with Crippen LogP contribution in [0.1, 0.15) is 13.8 Å². The van der Waals surface area contributed by atoms with Crippen LogP contribution >= 0.6 is 0 Å². The van der Waals surface area contributed by atoms with Crippen molar-refractivity contribution in [2.24, 2.45) is 11.1 Å². The molecule has 0 radical (unpaired) electrons. The van der Waals surface area contributed by atoms with Gasteiger partial charge in [-0.2, -0.15) is 0 Å². The van der Waals surface area contributed by atoms with Gasteiger partial charge in [0.05, 0.1) is 0 Å². The number of carbonyl (C=O) groups is 1. The number of nitrogens with zero attached hydrogens (tertiary/aromatic N) is 1. The summed E-state index contributed by atoms with van der Waals surface area (Å²) in [6.45, 7) is 6.70. The van der Waals surface area contributed by atoms with Gasteiger partial charge >= 0.3 is 5.97 Å². The summed E-state index contributed by atoms with van der Waals surface area (Å²) >= 11 is 0. The zero-order valence-electron chi connectivity index (χ0n) is 7.58. The van der Waals surface area contributed by atoms with Gasteiger partial charge in [0.25, 0.3) is 0 Å². The van der Waals surface area contributed by atoms with Gasteiger partial charge in [-0.25, -0.2) is 0 Å². The maximum Gasteiger partial charge on any atom is 0.321 e. The van der Waals surface area contributed by atoms with E-state index in [1.807, 2.05) is 0 Å². The molecular weight excluding hydrogens is 156 g/mol. The fourth-order valence-corrected chi connectivity index (χ4v) is 1.65. The summed E-state index contributed by atoms with van der Waals surface area (Å²) in [5, 5.41) is 8.53. The van der Waals surface area contributed by atoms with Gasteiger partial charge in [-0.1, -0.05) is 13.8 Å². The van der Waals surface area contributed by atoms with Crippen molar-refractivity contribution in [2.45, 2.75) is 19.9 Å². The molecule has 70 valence electrons. The maximum atomic E-state index is 10.4. The Kier molecular flexibility index (Phi) is 2.39. The van der Waals surface area contributed by atoms with Crippen molar-refractivity contribution in [3.63, 3.8) is 0 Å². The molecule has 0 bridgehead atoms. The summed E-state index contributed by atoms with van der Waals surface area (Å²) < 4.78 is 0. The van der Waals surface area contributed by atoms with E-state index < -0.39 is 12.0 Å². The molecule has 0 aromatic rings. The molecule has 3 N–H and O–H groups in total. The number of rotatable bonds is 3. The molecular formula is C8H16N2O2. The SMILES string of the molecule is CC1(C)CN(CC(N)C(=O)O)C1. The predicted octanol–water partition coefficient (Wildman–Crippen LogP) is -0.260. The number of likely N-dealkylation sites (tertiary alicyclic amines) is 1. The lowest BCUT2D eigenvalue weighted by atomic mass is 9.84. The van der Waals surface area contributed by atoms with E-state index in [-0.39, 0.29) is 0 Å². The van der Waals surface area contributed by atoms with Crippen LogP contribution < -0.4 is 5.73 Å². The molecule has 0 amide bonds. The van der Waals surface area contributed by atoms with Crippen molar-refractivity contribution >= 4 is 5.97 Å². The number of aliphatic carboxylic acids is 1. The van der Waals surface area contributed by atoms with Crippen molar-refractivity contribution in [2.75, 3.05) is 19.6 Å². The molecule has 0 saturated carbocycles. The number of carboxylic acid groups (broad SMARTS) is 1. The van der Waals surface area contributed by atoms with Crippen LogP contribution in [0.3, 0.4) is 0 Å². The highest BCUT2D eigenvalue weighted by atomic mass is 16.4. The van der Waals surface area contributed by atoms with Crippen LogP contribution in [-0.4, -0.2) is 41.7 Å². The predicted molar refractivity (Wildman–Crippen MR) is 45.8 cm³/mol. The van der Waals surface area contributed by atoms with E-state index in [0.29, 0.717) is 12.0 Å². The minimum absolute atomic E-state index is 0.345. The Balaban J connectivity index is 2.23. The van der Waals surface area contributed by atoms with Crippen LogP contribution in [0.5, 0.6) is 0 Å². The van der Waals surface area contributed by atoms with E-state index in [2.05, 4.69) is 18.7 Å². The van der Waals surface area contributed by atoms with Crippen molar-refractivity contribution in [3.8, 4) is 0 Å². The summed E-state index contributed by atoms with van der Waals surface area (Å²) in [5.74, 6) is -0.917. The first-order valence-corrected chi connectivity index (χ1v) is 4.11. The second-order valence-electron chi connectivity index (χ2n) is 4.28. The van der Waals surface area contributed by atoms with Gasteiger partial charge in [0, 0.05) is 19.6 Å². The first-order chi connectivity index (χ1) is 5.41. The molecule has 4 heteroatoms. The van der Waals surface area contributed by atoms with Gasteiger partial charge in [-0.3, -0.25) is 4.79 Å². The van der Waals surface area contributed by atoms with Crippen LogP contribution in [0.4, 0.5) is 0 Å². The third kappa shape index (κ3) is 2.19. The van der Waals surface area contributed by atoms with E-state index in [0.717, 1.165) is 13.1 Å². The van der Waals surface area contributed by atoms with Gasteiger partial charge in [-0.15, -0.1) is 0 Å².